The summed E-state index contributed by atoms with van der Waals surface area (Å²) in [6.45, 7) is 7.90. The standard InChI is InChI=1S/C34H42N2O2/c1-31(21-37-22-31)20-36(3)28-7-6-26-17-27-10-12-32(2)29(24-5-4-23-11-15-35-19-25(23)16-24)8-9-30(32)34(27)14-13-33(26,18-28)38-34/h4-5,10-11,15-17,19,28-30H,6-9,12-14,18,20-22H2,1-3H3/t28?,29-,30-,32-,33-,34-/m1/s1. The van der Waals surface area contributed by atoms with Crippen molar-refractivity contribution in [2.45, 2.75) is 88.4 Å². The summed E-state index contributed by atoms with van der Waals surface area (Å²) in [5.41, 5.74) is 5.05. The van der Waals surface area contributed by atoms with Crippen LogP contribution in [0.1, 0.15) is 76.7 Å². The van der Waals surface area contributed by atoms with Crippen LogP contribution < -0.4 is 0 Å². The Morgan fingerprint density at radius 2 is 1.95 bits per heavy atom. The zero-order valence-electron chi connectivity index (χ0n) is 23.3. The Balaban J connectivity index is 1.10. The van der Waals surface area contributed by atoms with Crippen LogP contribution in [0.5, 0.6) is 0 Å². The maximum absolute atomic E-state index is 7.57. The van der Waals surface area contributed by atoms with Crippen molar-refractivity contribution in [2.24, 2.45) is 16.7 Å². The second kappa shape index (κ2) is 8.02. The summed E-state index contributed by atoms with van der Waals surface area (Å²) in [5, 5.41) is 2.55. The monoisotopic (exact) mass is 510 g/mol. The van der Waals surface area contributed by atoms with E-state index < -0.39 is 0 Å². The van der Waals surface area contributed by atoms with E-state index in [0.717, 1.165) is 32.6 Å². The van der Waals surface area contributed by atoms with Crippen molar-refractivity contribution >= 4 is 10.8 Å². The molecule has 6 aliphatic rings. The molecule has 200 valence electrons. The van der Waals surface area contributed by atoms with Gasteiger partial charge in [0.2, 0.25) is 0 Å². The Kier molecular flexibility index (Phi) is 5.03. The van der Waals surface area contributed by atoms with E-state index in [1.807, 2.05) is 12.4 Å². The molecule has 4 fully saturated rings. The van der Waals surface area contributed by atoms with Gasteiger partial charge < -0.3 is 14.4 Å². The van der Waals surface area contributed by atoms with E-state index in [1.54, 1.807) is 5.57 Å². The number of aromatic nitrogens is 1. The lowest BCUT2D eigenvalue weighted by Gasteiger charge is -2.55. The molecule has 2 bridgehead atoms. The van der Waals surface area contributed by atoms with Gasteiger partial charge in [0.15, 0.2) is 0 Å². The van der Waals surface area contributed by atoms with Crippen LogP contribution in [-0.2, 0) is 9.47 Å². The second-order valence-corrected chi connectivity index (χ2v) is 14.3. The predicted molar refractivity (Wildman–Crippen MR) is 151 cm³/mol. The third-order valence-electron chi connectivity index (χ3n) is 11.9. The maximum Gasteiger partial charge on any atom is 0.0974 e. The Hall–Kier alpha value is -2.01. The van der Waals surface area contributed by atoms with Crippen molar-refractivity contribution in [3.05, 3.63) is 65.5 Å². The van der Waals surface area contributed by atoms with E-state index in [-0.39, 0.29) is 16.6 Å². The van der Waals surface area contributed by atoms with Crippen molar-refractivity contribution in [1.82, 2.24) is 9.88 Å². The first-order valence-electron chi connectivity index (χ1n) is 15.1. The quantitative estimate of drug-likeness (QED) is 0.452. The van der Waals surface area contributed by atoms with Crippen LogP contribution in [0, 0.1) is 16.7 Å². The number of allylic oxidation sites excluding steroid dienone is 1. The van der Waals surface area contributed by atoms with Crippen LogP contribution in [0.4, 0.5) is 0 Å². The average Bonchev–Trinajstić information content (AvgIpc) is 3.42. The van der Waals surface area contributed by atoms with E-state index >= 15 is 0 Å². The van der Waals surface area contributed by atoms with Crippen LogP contribution >= 0.6 is 0 Å². The van der Waals surface area contributed by atoms with Crippen molar-refractivity contribution in [3.63, 3.8) is 0 Å². The van der Waals surface area contributed by atoms with Crippen molar-refractivity contribution in [1.29, 1.82) is 0 Å². The molecule has 3 aliphatic heterocycles. The number of hydrogen-bond acceptors (Lipinski definition) is 4. The summed E-state index contributed by atoms with van der Waals surface area (Å²) in [7, 11) is 2.34. The number of rotatable bonds is 4. The average molecular weight is 511 g/mol. The molecule has 4 nitrogen and oxygen atoms in total. The first-order valence-corrected chi connectivity index (χ1v) is 15.1. The number of ether oxygens (including phenoxy) is 2. The summed E-state index contributed by atoms with van der Waals surface area (Å²) < 4.78 is 13.1. The number of fused-ring (bicyclic) bond motifs is 2. The van der Waals surface area contributed by atoms with Gasteiger partial charge in [-0.15, -0.1) is 0 Å². The van der Waals surface area contributed by atoms with Crippen molar-refractivity contribution in [3.8, 4) is 0 Å². The zero-order chi connectivity index (χ0) is 25.8. The van der Waals surface area contributed by atoms with Crippen molar-refractivity contribution < 1.29 is 9.47 Å². The molecule has 2 aromatic rings. The van der Waals surface area contributed by atoms with Crippen molar-refractivity contribution in [2.75, 3.05) is 26.8 Å². The first-order chi connectivity index (χ1) is 18.3. The van der Waals surface area contributed by atoms with Crippen LogP contribution in [0.15, 0.2) is 60.0 Å². The van der Waals surface area contributed by atoms with Crippen LogP contribution in [0.2, 0.25) is 0 Å². The molecule has 4 heterocycles. The summed E-state index contributed by atoms with van der Waals surface area (Å²) in [5.74, 6) is 1.16. The lowest BCUT2D eigenvalue weighted by molar-refractivity contribution is -0.147. The summed E-state index contributed by atoms with van der Waals surface area (Å²) in [6.07, 6.45) is 18.8. The Morgan fingerprint density at radius 1 is 1.05 bits per heavy atom. The minimum Gasteiger partial charge on any atom is -0.380 e. The van der Waals surface area contributed by atoms with E-state index in [4.69, 9.17) is 9.47 Å². The predicted octanol–water partition coefficient (Wildman–Crippen LogP) is 6.81. The SMILES string of the molecule is CN(CC1(C)COC1)C1CCC2=CC3=CC[C@]4(C)[C@@H](c5ccc6ccncc6c5)CC[C@H]4[C@@]34CC[C@]2(C1)O4. The fourth-order valence-corrected chi connectivity index (χ4v) is 9.90. The number of hydrogen-bond donors (Lipinski definition) is 0. The fourth-order valence-electron chi connectivity index (χ4n) is 9.90. The molecule has 2 saturated carbocycles. The van der Waals surface area contributed by atoms with Gasteiger partial charge in [-0.25, -0.2) is 0 Å². The molecule has 1 aromatic carbocycles. The molecule has 0 N–H and O–H groups in total. The third-order valence-corrected chi connectivity index (χ3v) is 11.9. The van der Waals surface area contributed by atoms with Gasteiger partial charge in [0.25, 0.3) is 0 Å². The van der Waals surface area contributed by atoms with Gasteiger partial charge in [-0.1, -0.05) is 38.1 Å². The van der Waals surface area contributed by atoms with E-state index in [0.29, 0.717) is 23.3 Å². The van der Waals surface area contributed by atoms with Gasteiger partial charge in [0.1, 0.15) is 0 Å². The first kappa shape index (κ1) is 23.8. The fraction of sp³-hybridized carbons (Fsp3) is 0.618. The van der Waals surface area contributed by atoms with Gasteiger partial charge in [-0.2, -0.15) is 0 Å². The Labute approximate surface area is 227 Å². The lowest BCUT2D eigenvalue weighted by Crippen LogP contribution is -2.56. The normalized spacial score (nSPS) is 40.7. The highest BCUT2D eigenvalue weighted by Gasteiger charge is 2.66. The molecule has 1 aromatic heterocycles. The molecule has 1 unspecified atom stereocenters. The van der Waals surface area contributed by atoms with Crippen LogP contribution in [-0.4, -0.2) is 53.9 Å². The van der Waals surface area contributed by atoms with Gasteiger partial charge in [0.05, 0.1) is 24.4 Å². The van der Waals surface area contributed by atoms with Gasteiger partial charge in [0, 0.05) is 35.8 Å². The minimum absolute atomic E-state index is 0.0451. The topological polar surface area (TPSA) is 34.6 Å². The second-order valence-electron chi connectivity index (χ2n) is 14.3. The molecule has 0 radical (unpaired) electrons. The lowest BCUT2D eigenvalue weighted by atomic mass is 9.58. The zero-order valence-corrected chi connectivity index (χ0v) is 23.3. The molecule has 3 aliphatic carbocycles. The molecular formula is C34H42N2O2. The number of pyridine rings is 1. The van der Waals surface area contributed by atoms with Crippen LogP contribution in [0.3, 0.4) is 0 Å². The van der Waals surface area contributed by atoms with Crippen LogP contribution in [0.25, 0.3) is 10.8 Å². The third kappa shape index (κ3) is 3.23. The molecular weight excluding hydrogens is 468 g/mol. The van der Waals surface area contributed by atoms with Gasteiger partial charge in [-0.05, 0) is 110 Å². The van der Waals surface area contributed by atoms with E-state index in [2.05, 4.69) is 67.2 Å². The van der Waals surface area contributed by atoms with Gasteiger partial charge >= 0.3 is 0 Å². The van der Waals surface area contributed by atoms with E-state index in [1.165, 1.54) is 60.4 Å². The smallest absolute Gasteiger partial charge is 0.0974 e. The largest absolute Gasteiger partial charge is 0.380 e. The summed E-state index contributed by atoms with van der Waals surface area (Å²) in [4.78, 5) is 7.04. The highest BCUT2D eigenvalue weighted by molar-refractivity contribution is 5.82. The number of benzene rings is 1. The molecule has 6 atom stereocenters. The molecule has 38 heavy (non-hydrogen) atoms. The highest BCUT2D eigenvalue weighted by Crippen LogP contribution is 2.69. The molecule has 2 saturated heterocycles. The van der Waals surface area contributed by atoms with E-state index in [9.17, 15) is 0 Å². The summed E-state index contributed by atoms with van der Waals surface area (Å²) in [6, 6.07) is 9.84. The highest BCUT2D eigenvalue weighted by atomic mass is 16.5. The summed E-state index contributed by atoms with van der Waals surface area (Å²) >= 11 is 0. The molecule has 0 amide bonds. The molecule has 8 rings (SSSR count). The van der Waals surface area contributed by atoms with Gasteiger partial charge in [-0.3, -0.25) is 4.98 Å². The molecule has 4 heteroatoms. The molecule has 2 spiro atoms. The Morgan fingerprint density at radius 3 is 2.79 bits per heavy atom. The number of nitrogens with zero attached hydrogens (tertiary/aromatic N) is 2. The maximum atomic E-state index is 7.57. The minimum atomic E-state index is -0.0854. The Bertz CT molecular complexity index is 1360.